The van der Waals surface area contributed by atoms with Crippen molar-refractivity contribution in [3.8, 4) is 17.1 Å². The number of hydrogen-bond acceptors (Lipinski definition) is 4. The Labute approximate surface area is 229 Å². The summed E-state index contributed by atoms with van der Waals surface area (Å²) in [5.74, 6) is 0.253. The molecule has 9 heteroatoms. The highest BCUT2D eigenvalue weighted by Gasteiger charge is 2.30. The Kier molecular flexibility index (Phi) is 8.62. The molecule has 3 aromatic carbocycles. The normalized spacial score (nSPS) is 12.1. The molecule has 1 heterocycles. The zero-order valence-electron chi connectivity index (χ0n) is 21.9. The molecule has 0 saturated carbocycles. The maximum atomic E-state index is 13.0. The molecule has 0 fully saturated rings. The Hall–Kier alpha value is -4.53. The molecule has 0 aliphatic rings. The molecule has 0 bridgehead atoms. The van der Waals surface area contributed by atoms with Crippen LogP contribution < -0.4 is 4.74 Å². The van der Waals surface area contributed by atoms with Crippen LogP contribution in [-0.4, -0.2) is 35.5 Å². The van der Waals surface area contributed by atoms with Crippen molar-refractivity contribution >= 4 is 11.9 Å². The molecule has 4 rings (SSSR count). The summed E-state index contributed by atoms with van der Waals surface area (Å²) in [6, 6.07) is 22.6. The van der Waals surface area contributed by atoms with Gasteiger partial charge in [0.05, 0.1) is 12.0 Å². The van der Waals surface area contributed by atoms with Gasteiger partial charge in [0.15, 0.2) is 6.10 Å². The van der Waals surface area contributed by atoms with Crippen molar-refractivity contribution in [2.75, 3.05) is 13.6 Å². The number of furan rings is 1. The smallest absolute Gasteiger partial charge is 0.416 e. The first-order valence-corrected chi connectivity index (χ1v) is 12.7. The molecule has 208 valence electrons. The number of carboxylic acids is 1. The third kappa shape index (κ3) is 6.72. The van der Waals surface area contributed by atoms with E-state index in [0.29, 0.717) is 34.8 Å². The lowest BCUT2D eigenvalue weighted by atomic mass is 9.99. The monoisotopic (exact) mass is 551 g/mol. The lowest BCUT2D eigenvalue weighted by molar-refractivity contribution is -0.138. The maximum Gasteiger partial charge on any atom is 0.416 e. The fraction of sp³-hybridized carbons (Fsp3) is 0.226. The Bertz CT molecular complexity index is 1450. The molecule has 0 aliphatic carbocycles. The molecule has 1 unspecified atom stereocenters. The van der Waals surface area contributed by atoms with E-state index in [2.05, 4.69) is 0 Å². The summed E-state index contributed by atoms with van der Waals surface area (Å²) in [4.78, 5) is 24.8. The number of carbonyl (C=O) groups is 2. The predicted molar refractivity (Wildman–Crippen MR) is 143 cm³/mol. The van der Waals surface area contributed by atoms with Crippen LogP contribution in [0.25, 0.3) is 11.3 Å². The minimum absolute atomic E-state index is 0.0874. The number of aryl methyl sites for hydroxylation is 1. The first-order chi connectivity index (χ1) is 19.1. The van der Waals surface area contributed by atoms with Crippen molar-refractivity contribution in [2.24, 2.45) is 0 Å². The van der Waals surface area contributed by atoms with Gasteiger partial charge >= 0.3 is 12.1 Å². The van der Waals surface area contributed by atoms with E-state index < -0.39 is 23.8 Å². The van der Waals surface area contributed by atoms with Crippen molar-refractivity contribution in [1.82, 2.24) is 4.90 Å². The van der Waals surface area contributed by atoms with Crippen LogP contribution in [0.5, 0.6) is 5.75 Å². The molecule has 0 spiro atoms. The zero-order chi connectivity index (χ0) is 28.9. The Morgan fingerprint density at radius 2 is 1.62 bits per heavy atom. The standard InChI is InChI=1S/C31H28F3NO5/c1-3-26-25(19-27(40-26)20-9-13-23(14-10-20)31(32,33)34)29(21-7-5-4-6-8-21)39-24-15-11-22(12-16-24)30(38)35(2)18-17-28(36)37/h4-16,19,29H,3,17-18H2,1-2H3,(H,36,37). The largest absolute Gasteiger partial charge is 0.481 e. The highest BCUT2D eigenvalue weighted by atomic mass is 19.4. The number of ether oxygens (including phenoxy) is 1. The van der Waals surface area contributed by atoms with Crippen LogP contribution in [-0.2, 0) is 17.4 Å². The van der Waals surface area contributed by atoms with E-state index in [0.717, 1.165) is 23.3 Å². The second-order valence-corrected chi connectivity index (χ2v) is 9.22. The summed E-state index contributed by atoms with van der Waals surface area (Å²) in [6.45, 7) is 2.01. The lowest BCUT2D eigenvalue weighted by Crippen LogP contribution is -2.28. The van der Waals surface area contributed by atoms with Crippen molar-refractivity contribution in [3.63, 3.8) is 0 Å². The van der Waals surface area contributed by atoms with E-state index in [-0.39, 0.29) is 18.9 Å². The average molecular weight is 552 g/mol. The highest BCUT2D eigenvalue weighted by Crippen LogP contribution is 2.37. The van der Waals surface area contributed by atoms with Crippen LogP contribution in [0.15, 0.2) is 89.3 Å². The number of carbonyl (C=O) groups excluding carboxylic acids is 1. The molecule has 0 radical (unpaired) electrons. The summed E-state index contributed by atoms with van der Waals surface area (Å²) in [6.07, 6.45) is -4.65. The predicted octanol–water partition coefficient (Wildman–Crippen LogP) is 7.24. The van der Waals surface area contributed by atoms with Gasteiger partial charge in [-0.05, 0) is 48.0 Å². The zero-order valence-corrected chi connectivity index (χ0v) is 21.9. The maximum absolute atomic E-state index is 13.0. The molecule has 1 N–H and O–H groups in total. The third-order valence-corrected chi connectivity index (χ3v) is 6.41. The minimum atomic E-state index is -4.43. The number of halogens is 3. The fourth-order valence-electron chi connectivity index (χ4n) is 4.24. The Morgan fingerprint density at radius 1 is 0.975 bits per heavy atom. The van der Waals surface area contributed by atoms with Crippen molar-refractivity contribution < 1.29 is 37.0 Å². The van der Waals surface area contributed by atoms with Gasteiger partial charge in [-0.15, -0.1) is 0 Å². The fourth-order valence-corrected chi connectivity index (χ4v) is 4.24. The number of amides is 1. The molecule has 40 heavy (non-hydrogen) atoms. The summed E-state index contributed by atoms with van der Waals surface area (Å²) in [7, 11) is 1.54. The van der Waals surface area contributed by atoms with E-state index in [4.69, 9.17) is 14.3 Å². The van der Waals surface area contributed by atoms with Crippen molar-refractivity contribution in [1.29, 1.82) is 0 Å². The van der Waals surface area contributed by atoms with E-state index in [1.807, 2.05) is 37.3 Å². The number of nitrogens with zero attached hydrogens (tertiary/aromatic N) is 1. The van der Waals surface area contributed by atoms with Gasteiger partial charge in [0.25, 0.3) is 5.91 Å². The number of hydrogen-bond donors (Lipinski definition) is 1. The van der Waals surface area contributed by atoms with Gasteiger partial charge in [-0.2, -0.15) is 13.2 Å². The van der Waals surface area contributed by atoms with Crippen LogP contribution in [0.4, 0.5) is 13.2 Å². The summed E-state index contributed by atoms with van der Waals surface area (Å²) < 4.78 is 51.6. The molecular weight excluding hydrogens is 523 g/mol. The number of rotatable bonds is 10. The summed E-state index contributed by atoms with van der Waals surface area (Å²) in [5, 5.41) is 8.86. The first-order valence-electron chi connectivity index (χ1n) is 12.7. The summed E-state index contributed by atoms with van der Waals surface area (Å²) in [5.41, 5.74) is 1.73. The Balaban J connectivity index is 1.62. The number of benzene rings is 3. The molecule has 0 aliphatic heterocycles. The van der Waals surface area contributed by atoms with Gasteiger partial charge in [-0.25, -0.2) is 0 Å². The first kappa shape index (κ1) is 28.5. The minimum Gasteiger partial charge on any atom is -0.481 e. The van der Waals surface area contributed by atoms with Gasteiger partial charge in [0.2, 0.25) is 0 Å². The highest BCUT2D eigenvalue weighted by molar-refractivity contribution is 5.94. The SMILES string of the molecule is CCc1oc(-c2ccc(C(F)(F)F)cc2)cc1C(Oc1ccc(C(=O)N(C)CCC(=O)O)cc1)c1ccccc1. The molecule has 4 aromatic rings. The topological polar surface area (TPSA) is 80.0 Å². The number of aliphatic carboxylic acids is 1. The number of carboxylic acid groups (broad SMARTS) is 1. The second kappa shape index (κ2) is 12.1. The van der Waals surface area contributed by atoms with E-state index in [1.165, 1.54) is 17.0 Å². The van der Waals surface area contributed by atoms with Gasteiger partial charge in [0.1, 0.15) is 17.3 Å². The molecule has 6 nitrogen and oxygen atoms in total. The number of alkyl halides is 3. The molecule has 1 amide bonds. The van der Waals surface area contributed by atoms with Crippen molar-refractivity contribution in [2.45, 2.75) is 32.0 Å². The molecule has 1 atom stereocenters. The van der Waals surface area contributed by atoms with Gasteiger partial charge in [-0.1, -0.05) is 49.4 Å². The second-order valence-electron chi connectivity index (χ2n) is 9.22. The third-order valence-electron chi connectivity index (χ3n) is 6.41. The molecular formula is C31H28F3NO5. The van der Waals surface area contributed by atoms with Gasteiger partial charge in [0, 0.05) is 36.7 Å². The van der Waals surface area contributed by atoms with E-state index in [9.17, 15) is 22.8 Å². The molecule has 1 aromatic heterocycles. The van der Waals surface area contributed by atoms with Crippen LogP contribution in [0.3, 0.4) is 0 Å². The van der Waals surface area contributed by atoms with Crippen LogP contribution in [0.2, 0.25) is 0 Å². The average Bonchev–Trinajstić information content (AvgIpc) is 3.39. The van der Waals surface area contributed by atoms with E-state index in [1.54, 1.807) is 37.4 Å². The van der Waals surface area contributed by atoms with Crippen molar-refractivity contribution in [3.05, 3.63) is 113 Å². The van der Waals surface area contributed by atoms with Gasteiger partial charge in [-0.3, -0.25) is 9.59 Å². The lowest BCUT2D eigenvalue weighted by Gasteiger charge is -2.20. The Morgan fingerprint density at radius 3 is 2.20 bits per heavy atom. The molecule has 0 saturated heterocycles. The van der Waals surface area contributed by atoms with Gasteiger partial charge < -0.3 is 19.2 Å². The van der Waals surface area contributed by atoms with Crippen LogP contribution in [0, 0.1) is 0 Å². The van der Waals surface area contributed by atoms with E-state index >= 15 is 0 Å². The van der Waals surface area contributed by atoms with Crippen LogP contribution in [0.1, 0.15) is 52.3 Å². The van der Waals surface area contributed by atoms with Crippen LogP contribution >= 0.6 is 0 Å². The summed E-state index contributed by atoms with van der Waals surface area (Å²) >= 11 is 0. The quantitative estimate of drug-likeness (QED) is 0.225.